The molecule has 0 saturated carbocycles. The van der Waals surface area contributed by atoms with Crippen LogP contribution in [0.4, 0.5) is 5.69 Å². The van der Waals surface area contributed by atoms with Gasteiger partial charge in [-0.15, -0.1) is 0 Å². The van der Waals surface area contributed by atoms with Crippen molar-refractivity contribution in [3.8, 4) is 0 Å². The van der Waals surface area contributed by atoms with E-state index in [4.69, 9.17) is 23.2 Å². The van der Waals surface area contributed by atoms with Gasteiger partial charge in [-0.05, 0) is 67.4 Å². The zero-order chi connectivity index (χ0) is 27.2. The molecule has 7 nitrogen and oxygen atoms in total. The van der Waals surface area contributed by atoms with Crippen molar-refractivity contribution >= 4 is 50.7 Å². The lowest BCUT2D eigenvalue weighted by Gasteiger charge is -2.33. The molecule has 0 saturated heterocycles. The number of anilines is 1. The summed E-state index contributed by atoms with van der Waals surface area (Å²) in [5.74, 6) is -0.865. The normalized spacial score (nSPS) is 12.0. The van der Waals surface area contributed by atoms with E-state index in [1.165, 1.54) is 36.2 Å². The molecule has 0 aliphatic heterocycles. The van der Waals surface area contributed by atoms with E-state index in [0.717, 1.165) is 15.4 Å². The maximum Gasteiger partial charge on any atom is 0.264 e. The molecule has 0 aliphatic rings. The number of benzene rings is 3. The van der Waals surface area contributed by atoms with E-state index >= 15 is 0 Å². The Hall–Kier alpha value is -3.07. The molecule has 2 amide bonds. The first-order valence-electron chi connectivity index (χ1n) is 11.7. The van der Waals surface area contributed by atoms with Gasteiger partial charge in [0.2, 0.25) is 11.8 Å². The highest BCUT2D eigenvalue weighted by molar-refractivity contribution is 7.92. The van der Waals surface area contributed by atoms with Crippen molar-refractivity contribution in [2.75, 3.05) is 17.9 Å². The van der Waals surface area contributed by atoms with Crippen LogP contribution in [-0.2, 0) is 26.2 Å². The summed E-state index contributed by atoms with van der Waals surface area (Å²) >= 11 is 12.0. The molecular formula is C27H29Cl2N3O4S. The predicted molar refractivity (Wildman–Crippen MR) is 147 cm³/mol. The fourth-order valence-electron chi connectivity index (χ4n) is 3.85. The Balaban J connectivity index is 2.04. The first kappa shape index (κ1) is 28.5. The van der Waals surface area contributed by atoms with Gasteiger partial charge >= 0.3 is 0 Å². The second-order valence-electron chi connectivity index (χ2n) is 8.49. The van der Waals surface area contributed by atoms with Crippen molar-refractivity contribution in [3.63, 3.8) is 0 Å². The van der Waals surface area contributed by atoms with E-state index in [0.29, 0.717) is 22.2 Å². The van der Waals surface area contributed by atoms with Gasteiger partial charge in [0.25, 0.3) is 10.0 Å². The van der Waals surface area contributed by atoms with E-state index < -0.39 is 28.5 Å². The van der Waals surface area contributed by atoms with Gasteiger partial charge in [-0.3, -0.25) is 13.9 Å². The lowest BCUT2D eigenvalue weighted by molar-refractivity contribution is -0.140. The second kappa shape index (κ2) is 12.4. The van der Waals surface area contributed by atoms with E-state index in [2.05, 4.69) is 5.32 Å². The Kier molecular flexibility index (Phi) is 9.59. The molecule has 0 heterocycles. The SMILES string of the molecule is CC[C@@H](C(=O)NC)N(Cc1ccc(Cl)cc1)C(=O)CN(c1ccc(C)cc1)S(=O)(=O)c1ccc(Cl)cc1. The number of nitrogens with one attached hydrogen (secondary N) is 1. The lowest BCUT2D eigenvalue weighted by atomic mass is 10.1. The van der Waals surface area contributed by atoms with Crippen molar-refractivity contribution in [1.29, 1.82) is 0 Å². The van der Waals surface area contributed by atoms with Crippen molar-refractivity contribution in [3.05, 3.63) is 94.0 Å². The third kappa shape index (κ3) is 7.03. The van der Waals surface area contributed by atoms with E-state index in [1.807, 2.05) is 6.92 Å². The zero-order valence-electron chi connectivity index (χ0n) is 20.8. The molecule has 0 aromatic heterocycles. The quantitative estimate of drug-likeness (QED) is 0.375. The molecule has 3 aromatic rings. The van der Waals surface area contributed by atoms with Gasteiger partial charge < -0.3 is 10.2 Å². The summed E-state index contributed by atoms with van der Waals surface area (Å²) in [6.07, 6.45) is 0.341. The highest BCUT2D eigenvalue weighted by Crippen LogP contribution is 2.26. The standard InChI is InChI=1S/C27H29Cl2N3O4S/c1-4-25(27(34)30-3)31(17-20-7-9-21(28)10-8-20)26(33)18-32(23-13-5-19(2)6-14-23)37(35,36)24-15-11-22(29)12-16-24/h5-16,25H,4,17-18H2,1-3H3,(H,30,34)/t25-/m0/s1. The maximum atomic E-state index is 13.8. The summed E-state index contributed by atoms with van der Waals surface area (Å²) in [6, 6.07) is 18.7. The number of likely N-dealkylation sites (N-methyl/N-ethyl adjacent to an activating group) is 1. The zero-order valence-corrected chi connectivity index (χ0v) is 23.1. The first-order chi connectivity index (χ1) is 17.6. The van der Waals surface area contributed by atoms with Crippen molar-refractivity contribution < 1.29 is 18.0 Å². The van der Waals surface area contributed by atoms with Crippen LogP contribution >= 0.6 is 23.2 Å². The third-order valence-electron chi connectivity index (χ3n) is 5.90. The smallest absolute Gasteiger partial charge is 0.264 e. The number of carbonyl (C=O) groups excluding carboxylic acids is 2. The highest BCUT2D eigenvalue weighted by atomic mass is 35.5. The molecule has 3 aromatic carbocycles. The van der Waals surface area contributed by atoms with Crippen LogP contribution in [0.5, 0.6) is 0 Å². The number of nitrogens with zero attached hydrogens (tertiary/aromatic N) is 2. The molecule has 0 aliphatic carbocycles. The third-order valence-corrected chi connectivity index (χ3v) is 8.19. The number of amides is 2. The summed E-state index contributed by atoms with van der Waals surface area (Å²) < 4.78 is 28.5. The summed E-state index contributed by atoms with van der Waals surface area (Å²) in [4.78, 5) is 27.9. The Bertz CT molecular complexity index is 1330. The molecule has 0 unspecified atom stereocenters. The largest absolute Gasteiger partial charge is 0.357 e. The van der Waals surface area contributed by atoms with Crippen LogP contribution in [0.15, 0.2) is 77.7 Å². The highest BCUT2D eigenvalue weighted by Gasteiger charge is 2.33. The van der Waals surface area contributed by atoms with Crippen molar-refractivity contribution in [1.82, 2.24) is 10.2 Å². The van der Waals surface area contributed by atoms with Gasteiger partial charge in [0.1, 0.15) is 12.6 Å². The summed E-state index contributed by atoms with van der Waals surface area (Å²) in [5.41, 5.74) is 2.02. The van der Waals surface area contributed by atoms with Crippen LogP contribution in [0.3, 0.4) is 0 Å². The fourth-order valence-corrected chi connectivity index (χ4v) is 5.51. The average Bonchev–Trinajstić information content (AvgIpc) is 2.88. The number of hydrogen-bond donors (Lipinski definition) is 1. The van der Waals surface area contributed by atoms with Crippen LogP contribution in [-0.4, -0.2) is 44.8 Å². The van der Waals surface area contributed by atoms with Gasteiger partial charge in [0.05, 0.1) is 10.6 Å². The summed E-state index contributed by atoms with van der Waals surface area (Å²) in [6.45, 7) is 3.28. The molecule has 37 heavy (non-hydrogen) atoms. The molecule has 1 atom stereocenters. The van der Waals surface area contributed by atoms with Gasteiger partial charge in [-0.1, -0.05) is 60.0 Å². The lowest BCUT2D eigenvalue weighted by Crippen LogP contribution is -2.51. The Morgan fingerprint density at radius 3 is 1.95 bits per heavy atom. The maximum absolute atomic E-state index is 13.8. The number of carbonyl (C=O) groups is 2. The van der Waals surface area contributed by atoms with Crippen LogP contribution < -0.4 is 9.62 Å². The van der Waals surface area contributed by atoms with Gasteiger partial charge in [-0.25, -0.2) is 8.42 Å². The molecule has 3 rings (SSSR count). The first-order valence-corrected chi connectivity index (χ1v) is 13.9. The minimum atomic E-state index is -4.14. The fraction of sp³-hybridized carbons (Fsp3) is 0.259. The molecule has 10 heteroatoms. The molecule has 0 fully saturated rings. The number of sulfonamides is 1. The van der Waals surface area contributed by atoms with Crippen molar-refractivity contribution in [2.45, 2.75) is 37.8 Å². The van der Waals surface area contributed by atoms with Gasteiger partial charge in [0, 0.05) is 23.6 Å². The molecular weight excluding hydrogens is 533 g/mol. The summed E-state index contributed by atoms with van der Waals surface area (Å²) in [5, 5.41) is 3.53. The number of hydrogen-bond acceptors (Lipinski definition) is 4. The predicted octanol–water partition coefficient (Wildman–Crippen LogP) is 5.05. The van der Waals surface area contributed by atoms with E-state index in [1.54, 1.807) is 55.5 Å². The Morgan fingerprint density at radius 1 is 0.892 bits per heavy atom. The molecule has 0 spiro atoms. The minimum Gasteiger partial charge on any atom is -0.357 e. The van der Waals surface area contributed by atoms with Crippen LogP contribution in [0.2, 0.25) is 10.0 Å². The molecule has 1 N–H and O–H groups in total. The van der Waals surface area contributed by atoms with Crippen LogP contribution in [0, 0.1) is 6.92 Å². The van der Waals surface area contributed by atoms with Crippen molar-refractivity contribution in [2.24, 2.45) is 0 Å². The monoisotopic (exact) mass is 561 g/mol. The Labute approximate surface area is 228 Å². The number of rotatable bonds is 10. The average molecular weight is 563 g/mol. The summed E-state index contributed by atoms with van der Waals surface area (Å²) in [7, 11) is -2.64. The number of halogens is 2. The van der Waals surface area contributed by atoms with Crippen LogP contribution in [0.25, 0.3) is 0 Å². The minimum absolute atomic E-state index is 0.00660. The van der Waals surface area contributed by atoms with E-state index in [-0.39, 0.29) is 17.3 Å². The topological polar surface area (TPSA) is 86.8 Å². The molecule has 196 valence electrons. The van der Waals surface area contributed by atoms with Crippen LogP contribution in [0.1, 0.15) is 24.5 Å². The van der Waals surface area contributed by atoms with Gasteiger partial charge in [-0.2, -0.15) is 0 Å². The second-order valence-corrected chi connectivity index (χ2v) is 11.2. The Morgan fingerprint density at radius 2 is 1.43 bits per heavy atom. The van der Waals surface area contributed by atoms with E-state index in [9.17, 15) is 18.0 Å². The molecule has 0 bridgehead atoms. The number of aryl methyl sites for hydroxylation is 1. The molecule has 0 radical (unpaired) electrons. The van der Waals surface area contributed by atoms with Gasteiger partial charge in [0.15, 0.2) is 0 Å².